The number of hydrogen-bond acceptors (Lipinski definition) is 4. The zero-order valence-electron chi connectivity index (χ0n) is 11.0. The number of imidazole rings is 1. The van der Waals surface area contributed by atoms with Crippen molar-refractivity contribution in [1.82, 2.24) is 9.97 Å². The van der Waals surface area contributed by atoms with E-state index >= 15 is 0 Å². The molecule has 0 bridgehead atoms. The fraction of sp³-hybridized carbons (Fsp3) is 0.0667. The molecule has 2 aromatic carbocycles. The molecular formula is C15H14N4O. The quantitative estimate of drug-likeness (QED) is 0.503. The number of phenolic OH excluding ortho intramolecular Hbond substituents is 1. The van der Waals surface area contributed by atoms with Crippen LogP contribution in [0.3, 0.4) is 0 Å². The van der Waals surface area contributed by atoms with Gasteiger partial charge in [-0.1, -0.05) is 12.1 Å². The number of nitrogens with zero attached hydrogens (tertiary/aromatic N) is 2. The zero-order chi connectivity index (χ0) is 13.9. The van der Waals surface area contributed by atoms with E-state index in [0.717, 1.165) is 22.3 Å². The smallest absolute Gasteiger partial charge is 0.222 e. The van der Waals surface area contributed by atoms with E-state index in [1.54, 1.807) is 12.1 Å². The highest BCUT2D eigenvalue weighted by Crippen LogP contribution is 2.14. The van der Waals surface area contributed by atoms with Gasteiger partial charge >= 0.3 is 0 Å². The van der Waals surface area contributed by atoms with Crippen LogP contribution in [0.1, 0.15) is 12.5 Å². The Hall–Kier alpha value is -2.82. The van der Waals surface area contributed by atoms with E-state index in [1.807, 2.05) is 43.3 Å². The third-order valence-electron chi connectivity index (χ3n) is 3.00. The normalized spacial score (nSPS) is 11.8. The number of anilines is 1. The molecule has 100 valence electrons. The standard InChI is InChI=1S/C15H14N4O/c1-10(11-6-8-12(20)9-7-11)18-19-15-16-13-4-2-3-5-14(13)17-15/h2-9,20H,1H3,(H2,16,17,19)/b18-10+. The highest BCUT2D eigenvalue weighted by Gasteiger charge is 2.01. The average molecular weight is 266 g/mol. The molecule has 0 spiro atoms. The van der Waals surface area contributed by atoms with Gasteiger partial charge in [0.1, 0.15) is 5.75 Å². The molecule has 0 aliphatic heterocycles. The second-order valence-electron chi connectivity index (χ2n) is 4.46. The summed E-state index contributed by atoms with van der Waals surface area (Å²) in [7, 11) is 0. The lowest BCUT2D eigenvalue weighted by atomic mass is 10.1. The van der Waals surface area contributed by atoms with Gasteiger partial charge in [0.25, 0.3) is 0 Å². The van der Waals surface area contributed by atoms with Crippen LogP contribution in [0, 0.1) is 0 Å². The monoisotopic (exact) mass is 266 g/mol. The van der Waals surface area contributed by atoms with Crippen LogP contribution in [0.25, 0.3) is 11.0 Å². The van der Waals surface area contributed by atoms with E-state index in [0.29, 0.717) is 5.95 Å². The van der Waals surface area contributed by atoms with Crippen molar-refractivity contribution in [1.29, 1.82) is 0 Å². The van der Waals surface area contributed by atoms with Crippen LogP contribution in [-0.2, 0) is 0 Å². The van der Waals surface area contributed by atoms with Crippen molar-refractivity contribution in [2.45, 2.75) is 6.92 Å². The highest BCUT2D eigenvalue weighted by molar-refractivity contribution is 5.99. The number of H-pyrrole nitrogens is 1. The number of phenols is 1. The first-order valence-corrected chi connectivity index (χ1v) is 6.27. The second kappa shape index (κ2) is 5.05. The number of rotatable bonds is 3. The number of para-hydroxylation sites is 2. The summed E-state index contributed by atoms with van der Waals surface area (Å²) in [5.41, 5.74) is 6.51. The van der Waals surface area contributed by atoms with Gasteiger partial charge in [-0.05, 0) is 48.9 Å². The third-order valence-corrected chi connectivity index (χ3v) is 3.00. The maximum atomic E-state index is 9.26. The van der Waals surface area contributed by atoms with Crippen LogP contribution in [0.15, 0.2) is 53.6 Å². The molecule has 0 saturated carbocycles. The lowest BCUT2D eigenvalue weighted by molar-refractivity contribution is 0.475. The van der Waals surface area contributed by atoms with E-state index in [-0.39, 0.29) is 5.75 Å². The minimum Gasteiger partial charge on any atom is -0.508 e. The van der Waals surface area contributed by atoms with Gasteiger partial charge in [-0.2, -0.15) is 5.10 Å². The van der Waals surface area contributed by atoms with Gasteiger partial charge in [-0.15, -0.1) is 0 Å². The first-order valence-electron chi connectivity index (χ1n) is 6.27. The van der Waals surface area contributed by atoms with Crippen LogP contribution < -0.4 is 5.43 Å². The second-order valence-corrected chi connectivity index (χ2v) is 4.46. The molecule has 0 fully saturated rings. The number of aromatic amines is 1. The summed E-state index contributed by atoms with van der Waals surface area (Å²) >= 11 is 0. The predicted octanol–water partition coefficient (Wildman–Crippen LogP) is 3.10. The molecular weight excluding hydrogens is 252 g/mol. The molecule has 0 atom stereocenters. The molecule has 0 aliphatic carbocycles. The molecule has 5 nitrogen and oxygen atoms in total. The van der Waals surface area contributed by atoms with Gasteiger partial charge in [-0.25, -0.2) is 10.4 Å². The molecule has 0 aliphatic rings. The van der Waals surface area contributed by atoms with Crippen molar-refractivity contribution in [3.05, 3.63) is 54.1 Å². The lowest BCUT2D eigenvalue weighted by Crippen LogP contribution is -2.00. The summed E-state index contributed by atoms with van der Waals surface area (Å²) in [4.78, 5) is 7.52. The van der Waals surface area contributed by atoms with E-state index in [9.17, 15) is 5.11 Å². The van der Waals surface area contributed by atoms with Gasteiger partial charge in [0, 0.05) is 0 Å². The fourth-order valence-corrected chi connectivity index (χ4v) is 1.91. The Balaban J connectivity index is 1.80. The number of hydrogen-bond donors (Lipinski definition) is 3. The Bertz CT molecular complexity index is 726. The molecule has 0 saturated heterocycles. The van der Waals surface area contributed by atoms with Crippen molar-refractivity contribution in [3.63, 3.8) is 0 Å². The molecule has 0 unspecified atom stereocenters. The third kappa shape index (κ3) is 2.47. The summed E-state index contributed by atoms with van der Waals surface area (Å²) in [6, 6.07) is 14.7. The summed E-state index contributed by atoms with van der Waals surface area (Å²) < 4.78 is 0. The number of aromatic hydroxyl groups is 1. The Morgan fingerprint density at radius 3 is 2.65 bits per heavy atom. The molecule has 5 heteroatoms. The fourth-order valence-electron chi connectivity index (χ4n) is 1.91. The van der Waals surface area contributed by atoms with Crippen molar-refractivity contribution >= 4 is 22.7 Å². The summed E-state index contributed by atoms with van der Waals surface area (Å²) in [6.45, 7) is 1.89. The molecule has 20 heavy (non-hydrogen) atoms. The van der Waals surface area contributed by atoms with Gasteiger partial charge in [0.2, 0.25) is 5.95 Å². The van der Waals surface area contributed by atoms with Crippen LogP contribution >= 0.6 is 0 Å². The largest absolute Gasteiger partial charge is 0.508 e. The minimum absolute atomic E-state index is 0.242. The molecule has 1 aromatic heterocycles. The van der Waals surface area contributed by atoms with Crippen molar-refractivity contribution < 1.29 is 5.11 Å². The molecule has 3 rings (SSSR count). The first kappa shape index (κ1) is 12.2. The first-order chi connectivity index (χ1) is 9.72. The summed E-state index contributed by atoms with van der Waals surface area (Å²) in [6.07, 6.45) is 0. The average Bonchev–Trinajstić information content (AvgIpc) is 2.88. The molecule has 3 aromatic rings. The Morgan fingerprint density at radius 2 is 1.90 bits per heavy atom. The maximum Gasteiger partial charge on any atom is 0.222 e. The van der Waals surface area contributed by atoms with Crippen LogP contribution in [-0.4, -0.2) is 20.8 Å². The summed E-state index contributed by atoms with van der Waals surface area (Å²) in [5, 5.41) is 13.5. The van der Waals surface area contributed by atoms with Gasteiger partial charge in [-0.3, -0.25) is 0 Å². The molecule has 0 amide bonds. The number of aromatic nitrogens is 2. The van der Waals surface area contributed by atoms with Gasteiger partial charge in [0.15, 0.2) is 0 Å². The van der Waals surface area contributed by atoms with Crippen molar-refractivity contribution in [2.75, 3.05) is 5.43 Å². The Labute approximate surface area is 116 Å². The van der Waals surface area contributed by atoms with E-state index in [2.05, 4.69) is 20.5 Å². The van der Waals surface area contributed by atoms with Gasteiger partial charge in [0.05, 0.1) is 16.7 Å². The van der Waals surface area contributed by atoms with Crippen LogP contribution in [0.4, 0.5) is 5.95 Å². The van der Waals surface area contributed by atoms with Crippen LogP contribution in [0.5, 0.6) is 5.75 Å². The van der Waals surface area contributed by atoms with Crippen LogP contribution in [0.2, 0.25) is 0 Å². The molecule has 1 heterocycles. The van der Waals surface area contributed by atoms with E-state index in [4.69, 9.17) is 0 Å². The maximum absolute atomic E-state index is 9.26. The lowest BCUT2D eigenvalue weighted by Gasteiger charge is -2.01. The topological polar surface area (TPSA) is 73.3 Å². The highest BCUT2D eigenvalue weighted by atomic mass is 16.3. The Morgan fingerprint density at radius 1 is 1.15 bits per heavy atom. The zero-order valence-corrected chi connectivity index (χ0v) is 11.0. The van der Waals surface area contributed by atoms with Crippen molar-refractivity contribution in [3.8, 4) is 5.75 Å². The number of nitrogens with one attached hydrogen (secondary N) is 2. The van der Waals surface area contributed by atoms with E-state index in [1.165, 1.54) is 0 Å². The molecule has 3 N–H and O–H groups in total. The minimum atomic E-state index is 0.242. The van der Waals surface area contributed by atoms with Gasteiger partial charge < -0.3 is 10.1 Å². The number of fused-ring (bicyclic) bond motifs is 1. The number of hydrazone groups is 1. The predicted molar refractivity (Wildman–Crippen MR) is 80.0 cm³/mol. The van der Waals surface area contributed by atoms with E-state index < -0.39 is 0 Å². The number of benzene rings is 2. The SMILES string of the molecule is C/C(=N\Nc1nc2ccccc2[nH]1)c1ccc(O)cc1. The Kier molecular flexibility index (Phi) is 3.09. The molecule has 0 radical (unpaired) electrons. The van der Waals surface area contributed by atoms with Crippen molar-refractivity contribution in [2.24, 2.45) is 5.10 Å². The summed E-state index contributed by atoms with van der Waals surface area (Å²) in [5.74, 6) is 0.844.